The number of ether oxygens (including phenoxy) is 1. The maximum absolute atomic E-state index is 6.22. The van der Waals surface area contributed by atoms with Crippen LogP contribution in [0.15, 0.2) is 0 Å². The van der Waals surface area contributed by atoms with Gasteiger partial charge < -0.3 is 10.5 Å². The molecule has 3 heteroatoms. The maximum atomic E-state index is 6.22. The Morgan fingerprint density at radius 1 is 1.47 bits per heavy atom. The van der Waals surface area contributed by atoms with Crippen molar-refractivity contribution in [2.75, 3.05) is 26.2 Å². The molecule has 0 amide bonds. The zero-order valence-corrected chi connectivity index (χ0v) is 9.82. The Bertz CT molecular complexity index is 194. The van der Waals surface area contributed by atoms with Crippen LogP contribution in [0.25, 0.3) is 0 Å². The molecule has 0 radical (unpaired) electrons. The third-order valence-corrected chi connectivity index (χ3v) is 3.93. The van der Waals surface area contributed by atoms with Crippen molar-refractivity contribution >= 4 is 0 Å². The number of nitrogens with two attached hydrogens (primary N) is 1. The van der Waals surface area contributed by atoms with Crippen molar-refractivity contribution < 1.29 is 4.74 Å². The minimum atomic E-state index is 0.254. The van der Waals surface area contributed by atoms with Gasteiger partial charge in [-0.2, -0.15) is 0 Å². The Hall–Kier alpha value is -0.120. The fraction of sp³-hybridized carbons (Fsp3) is 1.00. The zero-order chi connectivity index (χ0) is 10.7. The van der Waals surface area contributed by atoms with E-state index in [1.165, 1.54) is 25.7 Å². The molecule has 0 aromatic rings. The summed E-state index contributed by atoms with van der Waals surface area (Å²) in [7, 11) is 0. The van der Waals surface area contributed by atoms with Gasteiger partial charge in [0.1, 0.15) is 0 Å². The normalized spacial score (nSPS) is 31.2. The van der Waals surface area contributed by atoms with Crippen molar-refractivity contribution in [2.24, 2.45) is 11.7 Å². The molecule has 2 N–H and O–H groups in total. The first-order valence-electron chi connectivity index (χ1n) is 6.39. The lowest BCUT2D eigenvalue weighted by atomic mass is 9.80. The van der Waals surface area contributed by atoms with Crippen molar-refractivity contribution in [3.8, 4) is 0 Å². The van der Waals surface area contributed by atoms with Crippen LogP contribution in [-0.4, -0.2) is 43.3 Å². The van der Waals surface area contributed by atoms with Crippen LogP contribution in [0.3, 0.4) is 0 Å². The Balaban J connectivity index is 1.75. The highest BCUT2D eigenvalue weighted by Gasteiger charge is 2.28. The molecule has 88 valence electrons. The number of hydrogen-bond donors (Lipinski definition) is 1. The van der Waals surface area contributed by atoms with E-state index in [4.69, 9.17) is 10.5 Å². The number of hydrogen-bond acceptors (Lipinski definition) is 3. The summed E-state index contributed by atoms with van der Waals surface area (Å²) in [5.41, 5.74) is 6.22. The van der Waals surface area contributed by atoms with Crippen LogP contribution in [0, 0.1) is 5.92 Å². The predicted molar refractivity (Wildman–Crippen MR) is 61.8 cm³/mol. The molecule has 15 heavy (non-hydrogen) atoms. The summed E-state index contributed by atoms with van der Waals surface area (Å²) >= 11 is 0. The average molecular weight is 212 g/mol. The smallest absolute Gasteiger partial charge is 0.0853 e. The molecule has 0 aromatic carbocycles. The van der Waals surface area contributed by atoms with E-state index in [-0.39, 0.29) is 12.1 Å². The lowest BCUT2D eigenvalue weighted by Crippen LogP contribution is -2.51. The average Bonchev–Trinajstić information content (AvgIpc) is 2.23. The van der Waals surface area contributed by atoms with E-state index in [1.807, 2.05) is 0 Å². The first-order chi connectivity index (χ1) is 7.29. The van der Waals surface area contributed by atoms with E-state index >= 15 is 0 Å². The second-order valence-electron chi connectivity index (χ2n) is 5.00. The molecular formula is C12H24N2O. The molecule has 1 saturated heterocycles. The van der Waals surface area contributed by atoms with E-state index in [9.17, 15) is 0 Å². The van der Waals surface area contributed by atoms with Crippen LogP contribution in [0.5, 0.6) is 0 Å². The Kier molecular flexibility index (Phi) is 4.00. The summed E-state index contributed by atoms with van der Waals surface area (Å²) in [6.45, 7) is 6.29. The largest absolute Gasteiger partial charge is 0.374 e. The molecule has 1 aliphatic heterocycles. The molecule has 1 aliphatic carbocycles. The molecule has 1 heterocycles. The zero-order valence-electron chi connectivity index (χ0n) is 9.82. The third-order valence-electron chi connectivity index (χ3n) is 3.93. The van der Waals surface area contributed by atoms with E-state index in [0.29, 0.717) is 0 Å². The standard InChI is InChI=1S/C12H24N2O/c1-2-14-6-7-15-12(9-14)11(13)8-10-4-3-5-10/h10-12H,2-9,13H2,1H3. The van der Waals surface area contributed by atoms with Crippen molar-refractivity contribution in [1.29, 1.82) is 0 Å². The molecule has 0 aromatic heterocycles. The van der Waals surface area contributed by atoms with Gasteiger partial charge in [0.15, 0.2) is 0 Å². The fourth-order valence-corrected chi connectivity index (χ4v) is 2.54. The molecule has 2 fully saturated rings. The van der Waals surface area contributed by atoms with Crippen LogP contribution in [0.2, 0.25) is 0 Å². The van der Waals surface area contributed by atoms with E-state index in [0.717, 1.165) is 32.2 Å². The van der Waals surface area contributed by atoms with Crippen LogP contribution < -0.4 is 5.73 Å². The maximum Gasteiger partial charge on any atom is 0.0853 e. The summed E-state index contributed by atoms with van der Waals surface area (Å²) in [4.78, 5) is 2.44. The quantitative estimate of drug-likeness (QED) is 0.761. The van der Waals surface area contributed by atoms with Gasteiger partial charge in [-0.15, -0.1) is 0 Å². The summed E-state index contributed by atoms with van der Waals surface area (Å²) in [6, 6.07) is 0.254. The van der Waals surface area contributed by atoms with E-state index in [1.54, 1.807) is 0 Å². The van der Waals surface area contributed by atoms with Gasteiger partial charge in [0.2, 0.25) is 0 Å². The van der Waals surface area contributed by atoms with Gasteiger partial charge >= 0.3 is 0 Å². The number of nitrogens with zero attached hydrogens (tertiary/aromatic N) is 1. The highest BCUT2D eigenvalue weighted by molar-refractivity contribution is 4.84. The molecule has 1 saturated carbocycles. The van der Waals surface area contributed by atoms with Crippen LogP contribution in [0.1, 0.15) is 32.6 Å². The summed E-state index contributed by atoms with van der Waals surface area (Å²) in [6.07, 6.45) is 5.63. The fourth-order valence-electron chi connectivity index (χ4n) is 2.54. The highest BCUT2D eigenvalue weighted by atomic mass is 16.5. The highest BCUT2D eigenvalue weighted by Crippen LogP contribution is 2.31. The Morgan fingerprint density at radius 2 is 2.27 bits per heavy atom. The van der Waals surface area contributed by atoms with Crippen molar-refractivity contribution in [3.63, 3.8) is 0 Å². The van der Waals surface area contributed by atoms with E-state index in [2.05, 4.69) is 11.8 Å². The third kappa shape index (κ3) is 2.92. The van der Waals surface area contributed by atoms with Crippen molar-refractivity contribution in [2.45, 2.75) is 44.8 Å². The van der Waals surface area contributed by atoms with Crippen LogP contribution in [-0.2, 0) is 4.74 Å². The Labute approximate surface area is 93.0 Å². The van der Waals surface area contributed by atoms with Gasteiger partial charge in [0.05, 0.1) is 12.7 Å². The second-order valence-corrected chi connectivity index (χ2v) is 5.00. The molecule has 2 rings (SSSR count). The van der Waals surface area contributed by atoms with Crippen molar-refractivity contribution in [1.82, 2.24) is 4.90 Å². The molecule has 2 aliphatic rings. The number of likely N-dealkylation sites (N-methyl/N-ethyl adjacent to an activating group) is 1. The van der Waals surface area contributed by atoms with Crippen molar-refractivity contribution in [3.05, 3.63) is 0 Å². The molecular weight excluding hydrogens is 188 g/mol. The van der Waals surface area contributed by atoms with Crippen LogP contribution >= 0.6 is 0 Å². The van der Waals surface area contributed by atoms with Crippen LogP contribution in [0.4, 0.5) is 0 Å². The second kappa shape index (κ2) is 5.28. The van der Waals surface area contributed by atoms with Gasteiger partial charge in [0, 0.05) is 19.1 Å². The first kappa shape index (κ1) is 11.4. The van der Waals surface area contributed by atoms with Gasteiger partial charge in [-0.1, -0.05) is 26.2 Å². The summed E-state index contributed by atoms with van der Waals surface area (Å²) < 4.78 is 5.77. The lowest BCUT2D eigenvalue weighted by molar-refractivity contribution is -0.0435. The number of morpholine rings is 1. The van der Waals surface area contributed by atoms with Gasteiger partial charge in [-0.25, -0.2) is 0 Å². The van der Waals surface area contributed by atoms with Gasteiger partial charge in [-0.05, 0) is 18.9 Å². The predicted octanol–water partition coefficient (Wildman–Crippen LogP) is 1.22. The molecule has 0 spiro atoms. The van der Waals surface area contributed by atoms with Gasteiger partial charge in [0.25, 0.3) is 0 Å². The molecule has 2 atom stereocenters. The summed E-state index contributed by atoms with van der Waals surface area (Å²) in [5, 5.41) is 0. The van der Waals surface area contributed by atoms with E-state index < -0.39 is 0 Å². The Morgan fingerprint density at radius 3 is 2.87 bits per heavy atom. The minimum Gasteiger partial charge on any atom is -0.374 e. The summed E-state index contributed by atoms with van der Waals surface area (Å²) in [5.74, 6) is 0.889. The molecule has 3 nitrogen and oxygen atoms in total. The SMILES string of the molecule is CCN1CCOC(C(N)CC2CCC2)C1. The number of rotatable bonds is 4. The topological polar surface area (TPSA) is 38.5 Å². The minimum absolute atomic E-state index is 0.254. The van der Waals surface area contributed by atoms with Gasteiger partial charge in [-0.3, -0.25) is 4.90 Å². The monoisotopic (exact) mass is 212 g/mol. The molecule has 2 unspecified atom stereocenters. The first-order valence-corrected chi connectivity index (χ1v) is 6.39. The molecule has 0 bridgehead atoms. The lowest BCUT2D eigenvalue weighted by Gasteiger charge is -2.37.